The molecule has 1 heteroatoms. The number of benzene rings is 7. The van der Waals surface area contributed by atoms with E-state index in [1.807, 2.05) is 78.9 Å². The average molecular weight is 517 g/mol. The molecule has 0 bridgehead atoms. The van der Waals surface area contributed by atoms with Crippen molar-refractivity contribution in [2.75, 3.05) is 0 Å². The minimum atomic E-state index is -0.0321. The Bertz CT molecular complexity index is 2300. The van der Waals surface area contributed by atoms with Crippen LogP contribution in [-0.2, 0) is 0 Å². The van der Waals surface area contributed by atoms with Gasteiger partial charge >= 0.3 is 0 Å². The van der Waals surface area contributed by atoms with Crippen LogP contribution in [-0.4, -0.2) is 0 Å². The van der Waals surface area contributed by atoms with Crippen LogP contribution in [0.15, 0.2) is 145 Å². The lowest BCUT2D eigenvalue weighted by molar-refractivity contribution is 1.64. The highest BCUT2D eigenvalue weighted by atomic mass is 32.1. The summed E-state index contributed by atoms with van der Waals surface area (Å²) in [4.78, 5) is 0. The monoisotopic (exact) mass is 516 g/mol. The summed E-state index contributed by atoms with van der Waals surface area (Å²) in [5.74, 6) is 0. The molecular formula is C38H24S. The van der Waals surface area contributed by atoms with Gasteiger partial charge in [0.2, 0.25) is 0 Å². The van der Waals surface area contributed by atoms with Gasteiger partial charge in [-0.1, -0.05) is 133 Å². The summed E-state index contributed by atoms with van der Waals surface area (Å²) in [5, 5.41) is 5.86. The van der Waals surface area contributed by atoms with E-state index in [9.17, 15) is 5.48 Å². The summed E-state index contributed by atoms with van der Waals surface area (Å²) >= 11 is 1.68. The lowest BCUT2D eigenvalue weighted by atomic mass is 9.85. The Hall–Kier alpha value is -4.72. The van der Waals surface area contributed by atoms with E-state index in [0.29, 0.717) is 11.1 Å². The fourth-order valence-electron chi connectivity index (χ4n) is 5.87. The Balaban J connectivity index is 1.48. The Morgan fingerprint density at radius 2 is 0.872 bits per heavy atom. The van der Waals surface area contributed by atoms with Crippen LogP contribution < -0.4 is 0 Å². The molecule has 0 N–H and O–H groups in total. The predicted octanol–water partition coefficient (Wildman–Crippen LogP) is 11.4. The quantitative estimate of drug-likeness (QED) is 0.205. The van der Waals surface area contributed by atoms with Gasteiger partial charge in [-0.2, -0.15) is 0 Å². The molecular weight excluding hydrogens is 488 g/mol. The van der Waals surface area contributed by atoms with Crippen molar-refractivity contribution < 1.29 is 5.48 Å². The van der Waals surface area contributed by atoms with E-state index in [-0.39, 0.29) is 24.2 Å². The third-order valence-corrected chi connectivity index (χ3v) is 8.68. The average Bonchev–Trinajstić information content (AvgIpc) is 3.43. The largest absolute Gasteiger partial charge is 0.135 e. The SMILES string of the molecule is [2H]c1c([2H])c(-c2cccc3sc4ccccc4c23)c([2H])c([2H])c1-c1c2ccccc2c(-c2ccccc2)c2ccccc12. The van der Waals surface area contributed by atoms with Gasteiger partial charge in [0.1, 0.15) is 0 Å². The van der Waals surface area contributed by atoms with Crippen molar-refractivity contribution in [2.45, 2.75) is 0 Å². The zero-order valence-corrected chi connectivity index (χ0v) is 21.8. The van der Waals surface area contributed by atoms with Crippen molar-refractivity contribution in [1.82, 2.24) is 0 Å². The smallest absolute Gasteiger partial charge is 0.0629 e. The van der Waals surface area contributed by atoms with E-state index in [0.717, 1.165) is 64.0 Å². The molecule has 0 fully saturated rings. The molecule has 0 aliphatic rings. The molecule has 39 heavy (non-hydrogen) atoms. The first-order chi connectivity index (χ1) is 21.0. The lowest BCUT2D eigenvalue weighted by Gasteiger charge is -2.18. The summed E-state index contributed by atoms with van der Waals surface area (Å²) in [6, 6.07) is 40.4. The van der Waals surface area contributed by atoms with Crippen molar-refractivity contribution in [3.05, 3.63) is 145 Å². The van der Waals surface area contributed by atoms with Gasteiger partial charge in [-0.25, -0.2) is 0 Å². The third-order valence-electron chi connectivity index (χ3n) is 7.54. The Kier molecular flexibility index (Phi) is 4.25. The van der Waals surface area contributed by atoms with E-state index in [1.54, 1.807) is 11.3 Å². The number of thiophene rings is 1. The third kappa shape index (κ3) is 3.51. The van der Waals surface area contributed by atoms with E-state index >= 15 is 0 Å². The Labute approximate surface area is 237 Å². The first-order valence-corrected chi connectivity index (χ1v) is 13.9. The summed E-state index contributed by atoms with van der Waals surface area (Å²) in [6.07, 6.45) is 0. The molecule has 0 spiro atoms. The summed E-state index contributed by atoms with van der Waals surface area (Å²) < 4.78 is 39.5. The van der Waals surface area contributed by atoms with Crippen LogP contribution in [0.3, 0.4) is 0 Å². The van der Waals surface area contributed by atoms with Gasteiger partial charge in [-0.05, 0) is 67.1 Å². The highest BCUT2D eigenvalue weighted by Gasteiger charge is 2.17. The molecule has 182 valence electrons. The highest BCUT2D eigenvalue weighted by molar-refractivity contribution is 7.25. The fraction of sp³-hybridized carbons (Fsp3) is 0. The first kappa shape index (κ1) is 18.5. The van der Waals surface area contributed by atoms with E-state index in [4.69, 9.17) is 0 Å². The normalized spacial score (nSPS) is 13.0. The second-order valence-electron chi connectivity index (χ2n) is 9.73. The minimum Gasteiger partial charge on any atom is -0.135 e. The Morgan fingerprint density at radius 3 is 1.51 bits per heavy atom. The molecule has 0 aliphatic heterocycles. The number of hydrogen-bond acceptors (Lipinski definition) is 1. The summed E-state index contributed by atoms with van der Waals surface area (Å²) in [7, 11) is 0. The molecule has 0 amide bonds. The van der Waals surface area contributed by atoms with Crippen LogP contribution in [0.25, 0.3) is 75.1 Å². The lowest BCUT2D eigenvalue weighted by Crippen LogP contribution is -1.90. The zero-order valence-electron chi connectivity index (χ0n) is 25.0. The second kappa shape index (κ2) is 8.94. The maximum absolute atomic E-state index is 9.37. The molecule has 0 atom stereocenters. The van der Waals surface area contributed by atoms with Crippen molar-refractivity contribution in [1.29, 1.82) is 0 Å². The van der Waals surface area contributed by atoms with Crippen LogP contribution >= 0.6 is 11.3 Å². The zero-order chi connectivity index (χ0) is 29.2. The van der Waals surface area contributed by atoms with Crippen LogP contribution in [0.4, 0.5) is 0 Å². The molecule has 0 aliphatic carbocycles. The maximum Gasteiger partial charge on any atom is 0.0629 e. The molecule has 0 saturated carbocycles. The summed E-state index contributed by atoms with van der Waals surface area (Å²) in [6.45, 7) is 0. The molecule has 8 rings (SSSR count). The van der Waals surface area contributed by atoms with Gasteiger partial charge in [0.05, 0.1) is 5.48 Å². The van der Waals surface area contributed by atoms with Crippen LogP contribution in [0.2, 0.25) is 0 Å². The molecule has 7 aromatic carbocycles. The van der Waals surface area contributed by atoms with Crippen LogP contribution in [0, 0.1) is 0 Å². The van der Waals surface area contributed by atoms with E-state index in [1.165, 1.54) is 0 Å². The molecule has 1 heterocycles. The standard InChI is InChI=1S/C38H24S/c1-2-11-26(12-3-1)36-29-13-4-6-15-31(29)37(32-16-7-5-14-30(32)36)27-23-21-25(22-24-27)28-18-10-20-35-38(28)33-17-8-9-19-34(33)39-35/h1-24H/i21D,22D,23D,24D. The highest BCUT2D eigenvalue weighted by Crippen LogP contribution is 2.44. The summed E-state index contributed by atoms with van der Waals surface area (Å²) in [5.41, 5.74) is 4.31. The number of fused-ring (bicyclic) bond motifs is 5. The van der Waals surface area contributed by atoms with Gasteiger partial charge in [0, 0.05) is 20.2 Å². The molecule has 8 aromatic rings. The molecule has 0 unspecified atom stereocenters. The first-order valence-electron chi connectivity index (χ1n) is 15.0. The van der Waals surface area contributed by atoms with E-state index < -0.39 is 0 Å². The second-order valence-corrected chi connectivity index (χ2v) is 10.8. The van der Waals surface area contributed by atoms with Crippen LogP contribution in [0.5, 0.6) is 0 Å². The Morgan fingerprint density at radius 1 is 0.385 bits per heavy atom. The van der Waals surface area contributed by atoms with Gasteiger partial charge in [-0.3, -0.25) is 0 Å². The maximum atomic E-state index is 9.37. The molecule has 0 saturated heterocycles. The van der Waals surface area contributed by atoms with Crippen molar-refractivity contribution in [2.24, 2.45) is 0 Å². The predicted molar refractivity (Wildman–Crippen MR) is 171 cm³/mol. The minimum absolute atomic E-state index is 0.0286. The van der Waals surface area contributed by atoms with Crippen molar-refractivity contribution in [3.8, 4) is 33.4 Å². The van der Waals surface area contributed by atoms with Gasteiger partial charge in [0.15, 0.2) is 0 Å². The van der Waals surface area contributed by atoms with Gasteiger partial charge in [-0.15, -0.1) is 11.3 Å². The number of hydrogen-bond donors (Lipinski definition) is 0. The molecule has 0 nitrogen and oxygen atoms in total. The van der Waals surface area contributed by atoms with Gasteiger partial charge < -0.3 is 0 Å². The number of rotatable bonds is 3. The van der Waals surface area contributed by atoms with Crippen molar-refractivity contribution in [3.63, 3.8) is 0 Å². The van der Waals surface area contributed by atoms with E-state index in [2.05, 4.69) is 42.5 Å². The fourth-order valence-corrected chi connectivity index (χ4v) is 7.00. The topological polar surface area (TPSA) is 0 Å². The molecule has 1 aromatic heterocycles. The van der Waals surface area contributed by atoms with Crippen molar-refractivity contribution >= 4 is 53.1 Å². The molecule has 0 radical (unpaired) electrons. The van der Waals surface area contributed by atoms with Crippen LogP contribution in [0.1, 0.15) is 5.48 Å². The van der Waals surface area contributed by atoms with Gasteiger partial charge in [0.25, 0.3) is 0 Å².